The van der Waals surface area contributed by atoms with Crippen molar-refractivity contribution in [1.82, 2.24) is 4.31 Å². The van der Waals surface area contributed by atoms with E-state index < -0.39 is 28.0 Å². The molecule has 0 saturated carbocycles. The summed E-state index contributed by atoms with van der Waals surface area (Å²) in [6.45, 7) is 4.85. The summed E-state index contributed by atoms with van der Waals surface area (Å²) in [6, 6.07) is 13.3. The molecule has 0 radical (unpaired) electrons. The Kier molecular flexibility index (Phi) is 8.43. The number of morpholine rings is 1. The maximum absolute atomic E-state index is 12.7. The van der Waals surface area contributed by atoms with Crippen LogP contribution in [0.3, 0.4) is 0 Å². The van der Waals surface area contributed by atoms with Crippen LogP contribution in [0.25, 0.3) is 0 Å². The van der Waals surface area contributed by atoms with E-state index in [1.165, 1.54) is 35.5 Å². The number of carbonyl (C=O) groups is 2. The third-order valence-electron chi connectivity index (χ3n) is 5.06. The number of amides is 1. The zero-order valence-corrected chi connectivity index (χ0v) is 19.5. The molecule has 1 aliphatic heterocycles. The first-order valence-electron chi connectivity index (χ1n) is 10.6. The van der Waals surface area contributed by atoms with Crippen LogP contribution in [-0.4, -0.2) is 63.6 Å². The number of rotatable bonds is 9. The number of hydrogen-bond donors (Lipinski definition) is 1. The Morgan fingerprint density at radius 1 is 1.09 bits per heavy atom. The van der Waals surface area contributed by atoms with Gasteiger partial charge in [-0.05, 0) is 49.7 Å². The van der Waals surface area contributed by atoms with Crippen LogP contribution in [-0.2, 0) is 29.1 Å². The summed E-state index contributed by atoms with van der Waals surface area (Å²) in [5.41, 5.74) is 1.36. The Hall–Kier alpha value is -2.95. The minimum atomic E-state index is -3.61. The number of para-hydroxylation sites is 1. The second kappa shape index (κ2) is 11.3. The highest BCUT2D eigenvalue weighted by atomic mass is 32.2. The summed E-state index contributed by atoms with van der Waals surface area (Å²) >= 11 is 0. The topological polar surface area (TPSA) is 111 Å². The molecule has 1 unspecified atom stereocenters. The molecule has 0 bridgehead atoms. The molecule has 2 aromatic carbocycles. The van der Waals surface area contributed by atoms with Crippen molar-refractivity contribution in [2.24, 2.45) is 0 Å². The minimum absolute atomic E-state index is 0.0000504. The number of nitrogens with one attached hydrogen (secondary N) is 1. The van der Waals surface area contributed by atoms with Crippen molar-refractivity contribution in [3.63, 3.8) is 0 Å². The maximum atomic E-state index is 12.7. The Bertz CT molecular complexity index is 1060. The monoisotopic (exact) mass is 476 g/mol. The van der Waals surface area contributed by atoms with Gasteiger partial charge in [0.2, 0.25) is 10.0 Å². The van der Waals surface area contributed by atoms with Gasteiger partial charge in [-0.1, -0.05) is 18.2 Å². The van der Waals surface area contributed by atoms with Crippen LogP contribution >= 0.6 is 0 Å². The Morgan fingerprint density at radius 2 is 1.76 bits per heavy atom. The van der Waals surface area contributed by atoms with E-state index in [0.717, 1.165) is 5.56 Å². The average Bonchev–Trinajstić information content (AvgIpc) is 2.81. The molecule has 1 amide bonds. The van der Waals surface area contributed by atoms with Crippen molar-refractivity contribution >= 4 is 27.6 Å². The average molecular weight is 477 g/mol. The van der Waals surface area contributed by atoms with Crippen LogP contribution in [0.1, 0.15) is 18.9 Å². The lowest BCUT2D eigenvalue weighted by Crippen LogP contribution is -2.40. The van der Waals surface area contributed by atoms with Crippen molar-refractivity contribution in [2.45, 2.75) is 31.3 Å². The predicted molar refractivity (Wildman–Crippen MR) is 121 cm³/mol. The number of aryl methyl sites for hydroxylation is 1. The van der Waals surface area contributed by atoms with Gasteiger partial charge in [0, 0.05) is 18.8 Å². The van der Waals surface area contributed by atoms with Gasteiger partial charge in [0.25, 0.3) is 5.91 Å². The van der Waals surface area contributed by atoms with Gasteiger partial charge in [0.05, 0.1) is 31.1 Å². The Labute approximate surface area is 193 Å². The molecule has 1 atom stereocenters. The van der Waals surface area contributed by atoms with Gasteiger partial charge in [-0.15, -0.1) is 0 Å². The van der Waals surface area contributed by atoms with Crippen molar-refractivity contribution in [1.29, 1.82) is 0 Å². The molecule has 1 saturated heterocycles. The van der Waals surface area contributed by atoms with E-state index in [0.29, 0.717) is 37.7 Å². The van der Waals surface area contributed by atoms with Crippen LogP contribution in [0.15, 0.2) is 53.4 Å². The van der Waals surface area contributed by atoms with Crippen molar-refractivity contribution in [2.75, 3.05) is 38.2 Å². The molecule has 0 spiro atoms. The van der Waals surface area contributed by atoms with E-state index in [1.807, 2.05) is 31.2 Å². The SMILES string of the molecule is Cc1ccccc1OCCC(=O)OC(C)C(=O)Nc1ccc(S(=O)(=O)N2CCOCC2)cc1. The minimum Gasteiger partial charge on any atom is -0.493 e. The normalized spacial score (nSPS) is 15.5. The Morgan fingerprint density at radius 3 is 2.42 bits per heavy atom. The van der Waals surface area contributed by atoms with E-state index in [-0.39, 0.29) is 17.9 Å². The number of benzene rings is 2. The zero-order chi connectivity index (χ0) is 23.8. The molecule has 1 fully saturated rings. The third-order valence-corrected chi connectivity index (χ3v) is 6.98. The third kappa shape index (κ3) is 6.77. The van der Waals surface area contributed by atoms with Crippen LogP contribution in [0.2, 0.25) is 0 Å². The van der Waals surface area contributed by atoms with E-state index in [9.17, 15) is 18.0 Å². The highest BCUT2D eigenvalue weighted by Crippen LogP contribution is 2.20. The maximum Gasteiger partial charge on any atom is 0.310 e. The lowest BCUT2D eigenvalue weighted by Gasteiger charge is -2.26. The van der Waals surface area contributed by atoms with E-state index >= 15 is 0 Å². The van der Waals surface area contributed by atoms with Gasteiger partial charge in [0.1, 0.15) is 5.75 Å². The van der Waals surface area contributed by atoms with Gasteiger partial charge in [-0.3, -0.25) is 9.59 Å². The Balaban J connectivity index is 1.47. The molecule has 10 heteroatoms. The molecular formula is C23H28N2O7S. The quantitative estimate of drug-likeness (QED) is 0.553. The van der Waals surface area contributed by atoms with Crippen molar-refractivity contribution in [3.8, 4) is 5.75 Å². The molecule has 9 nitrogen and oxygen atoms in total. The zero-order valence-electron chi connectivity index (χ0n) is 18.7. The number of esters is 1. The van der Waals surface area contributed by atoms with Gasteiger partial charge in [0.15, 0.2) is 6.10 Å². The fourth-order valence-corrected chi connectivity index (χ4v) is 4.57. The smallest absolute Gasteiger partial charge is 0.310 e. The number of nitrogens with zero attached hydrogens (tertiary/aromatic N) is 1. The lowest BCUT2D eigenvalue weighted by atomic mass is 10.2. The largest absolute Gasteiger partial charge is 0.493 e. The van der Waals surface area contributed by atoms with Crippen LogP contribution in [0, 0.1) is 6.92 Å². The first-order valence-corrected chi connectivity index (χ1v) is 12.1. The molecule has 33 heavy (non-hydrogen) atoms. The van der Waals surface area contributed by atoms with Gasteiger partial charge in [-0.25, -0.2) is 8.42 Å². The summed E-state index contributed by atoms with van der Waals surface area (Å²) in [4.78, 5) is 24.5. The fraction of sp³-hybridized carbons (Fsp3) is 0.391. The van der Waals surface area contributed by atoms with Crippen molar-refractivity contribution < 1.29 is 32.2 Å². The summed E-state index contributed by atoms with van der Waals surface area (Å²) < 4.78 is 42.6. The highest BCUT2D eigenvalue weighted by Gasteiger charge is 2.26. The molecule has 0 aliphatic carbocycles. The number of carbonyl (C=O) groups excluding carboxylic acids is 2. The van der Waals surface area contributed by atoms with E-state index in [1.54, 1.807) is 0 Å². The molecule has 1 aliphatic rings. The molecule has 3 rings (SSSR count). The van der Waals surface area contributed by atoms with Gasteiger partial charge < -0.3 is 19.5 Å². The highest BCUT2D eigenvalue weighted by molar-refractivity contribution is 7.89. The summed E-state index contributed by atoms with van der Waals surface area (Å²) in [5, 5.41) is 2.62. The lowest BCUT2D eigenvalue weighted by molar-refractivity contribution is -0.153. The second-order valence-corrected chi connectivity index (χ2v) is 9.46. The number of anilines is 1. The molecule has 2 aromatic rings. The molecule has 1 N–H and O–H groups in total. The van der Waals surface area contributed by atoms with E-state index in [4.69, 9.17) is 14.2 Å². The van der Waals surface area contributed by atoms with Gasteiger partial charge in [-0.2, -0.15) is 4.31 Å². The number of ether oxygens (including phenoxy) is 3. The molecule has 0 aromatic heterocycles. The molecule has 178 valence electrons. The van der Waals surface area contributed by atoms with Crippen molar-refractivity contribution in [3.05, 3.63) is 54.1 Å². The van der Waals surface area contributed by atoms with Crippen LogP contribution in [0.5, 0.6) is 5.75 Å². The van der Waals surface area contributed by atoms with E-state index in [2.05, 4.69) is 5.32 Å². The second-order valence-electron chi connectivity index (χ2n) is 7.53. The summed E-state index contributed by atoms with van der Waals surface area (Å²) in [5.74, 6) is -0.389. The predicted octanol–water partition coefficient (Wildman–Crippen LogP) is 2.36. The first kappa shape index (κ1) is 24.7. The molecular weight excluding hydrogens is 448 g/mol. The summed E-state index contributed by atoms with van der Waals surface area (Å²) in [7, 11) is -3.61. The summed E-state index contributed by atoms with van der Waals surface area (Å²) in [6.07, 6.45) is -1.02. The molecule has 1 heterocycles. The van der Waals surface area contributed by atoms with Crippen LogP contribution < -0.4 is 10.1 Å². The number of sulfonamides is 1. The van der Waals surface area contributed by atoms with Crippen LogP contribution in [0.4, 0.5) is 5.69 Å². The standard InChI is InChI=1S/C23H28N2O7S/c1-17-5-3-4-6-21(17)31-14-11-22(26)32-18(2)23(27)24-19-7-9-20(10-8-19)33(28,29)25-12-15-30-16-13-25/h3-10,18H,11-16H2,1-2H3,(H,24,27). The first-order chi connectivity index (χ1) is 15.8. The fourth-order valence-electron chi connectivity index (χ4n) is 3.16. The van der Waals surface area contributed by atoms with Gasteiger partial charge >= 0.3 is 5.97 Å². The number of hydrogen-bond acceptors (Lipinski definition) is 7.